The van der Waals surface area contributed by atoms with Crippen molar-refractivity contribution < 1.29 is 9.32 Å². The largest absolute Gasteiger partial charge is 0.351 e. The summed E-state index contributed by atoms with van der Waals surface area (Å²) in [6.45, 7) is 5.97. The fourth-order valence-corrected chi connectivity index (χ4v) is 3.89. The molecule has 2 aromatic heterocycles. The second kappa shape index (κ2) is 7.05. The van der Waals surface area contributed by atoms with E-state index in [0.717, 1.165) is 61.5 Å². The van der Waals surface area contributed by atoms with Gasteiger partial charge in [-0.1, -0.05) is 17.3 Å². The normalized spacial score (nSPS) is 18.5. The summed E-state index contributed by atoms with van der Waals surface area (Å²) in [5.74, 6) is 2.10. The Kier molecular flexibility index (Phi) is 4.39. The number of aromatic nitrogens is 3. The van der Waals surface area contributed by atoms with Crippen LogP contribution in [-0.2, 0) is 6.54 Å². The summed E-state index contributed by atoms with van der Waals surface area (Å²) in [6, 6.07) is 8.17. The topological polar surface area (TPSA) is 78.3 Å². The smallest absolute Gasteiger partial charge is 0.270 e. The maximum Gasteiger partial charge on any atom is 0.270 e. The van der Waals surface area contributed by atoms with Gasteiger partial charge in [0.2, 0.25) is 5.89 Å². The Balaban J connectivity index is 1.23. The molecule has 2 aliphatic rings. The number of carbonyl (C=O) groups excluding carboxylic acids is 1. The predicted molar refractivity (Wildman–Crippen MR) is 105 cm³/mol. The number of amides is 1. The summed E-state index contributed by atoms with van der Waals surface area (Å²) in [7, 11) is 0. The zero-order valence-corrected chi connectivity index (χ0v) is 16.1. The van der Waals surface area contributed by atoms with Gasteiger partial charge in [-0.3, -0.25) is 9.69 Å². The van der Waals surface area contributed by atoms with Crippen LogP contribution >= 0.6 is 0 Å². The number of benzene rings is 1. The van der Waals surface area contributed by atoms with Crippen molar-refractivity contribution in [2.45, 2.75) is 38.6 Å². The molecule has 7 heteroatoms. The van der Waals surface area contributed by atoms with Gasteiger partial charge in [-0.25, -0.2) is 0 Å². The Bertz CT molecular complexity index is 1000. The van der Waals surface area contributed by atoms with E-state index in [4.69, 9.17) is 4.52 Å². The molecule has 0 bridgehead atoms. The lowest BCUT2D eigenvalue weighted by molar-refractivity contribution is 0.0756. The van der Waals surface area contributed by atoms with Gasteiger partial charge in [0.15, 0.2) is 5.82 Å². The number of hydrogen-bond donors (Lipinski definition) is 1. The summed E-state index contributed by atoms with van der Waals surface area (Å²) in [5, 5.41) is 5.20. The fraction of sp³-hybridized carbons (Fsp3) is 0.476. The van der Waals surface area contributed by atoms with E-state index in [1.807, 2.05) is 11.0 Å². The Labute approximate surface area is 163 Å². The molecule has 146 valence electrons. The first-order valence-electron chi connectivity index (χ1n) is 10.1. The molecule has 0 radical (unpaired) electrons. The highest BCUT2D eigenvalue weighted by molar-refractivity contribution is 5.98. The van der Waals surface area contributed by atoms with E-state index in [1.165, 1.54) is 5.56 Å². The molecular weight excluding hydrogens is 354 g/mol. The molecule has 3 aromatic rings. The van der Waals surface area contributed by atoms with Crippen LogP contribution in [0.15, 0.2) is 28.8 Å². The quantitative estimate of drug-likeness (QED) is 0.754. The molecule has 5 rings (SSSR count). The molecule has 1 aliphatic carbocycles. The first kappa shape index (κ1) is 17.4. The van der Waals surface area contributed by atoms with E-state index in [0.29, 0.717) is 24.7 Å². The summed E-state index contributed by atoms with van der Waals surface area (Å²) in [6.07, 6.45) is 3.27. The van der Waals surface area contributed by atoms with Crippen LogP contribution in [0.1, 0.15) is 52.9 Å². The van der Waals surface area contributed by atoms with Gasteiger partial charge < -0.3 is 14.4 Å². The van der Waals surface area contributed by atoms with Gasteiger partial charge in [-0.2, -0.15) is 4.98 Å². The number of aromatic amines is 1. The SMILES string of the molecule is Cc1ccc2cc(C(=O)N3CCCN(Cc4noc(C5CC5)n4)CC3)[nH]c2c1. The predicted octanol–water partition coefficient (Wildman–Crippen LogP) is 3.08. The van der Waals surface area contributed by atoms with Crippen molar-refractivity contribution in [2.75, 3.05) is 26.2 Å². The average molecular weight is 379 g/mol. The lowest BCUT2D eigenvalue weighted by Crippen LogP contribution is -2.35. The van der Waals surface area contributed by atoms with Crippen LogP contribution in [0.25, 0.3) is 10.9 Å². The first-order chi connectivity index (χ1) is 13.7. The van der Waals surface area contributed by atoms with E-state index in [9.17, 15) is 4.79 Å². The zero-order valence-electron chi connectivity index (χ0n) is 16.1. The number of nitrogens with zero attached hydrogens (tertiary/aromatic N) is 4. The van der Waals surface area contributed by atoms with Gasteiger partial charge >= 0.3 is 0 Å². The maximum absolute atomic E-state index is 13.0. The Morgan fingerprint density at radius 1 is 1.21 bits per heavy atom. The molecule has 1 saturated heterocycles. The summed E-state index contributed by atoms with van der Waals surface area (Å²) < 4.78 is 5.36. The molecule has 2 fully saturated rings. The number of nitrogens with one attached hydrogen (secondary N) is 1. The molecule has 0 atom stereocenters. The highest BCUT2D eigenvalue weighted by Crippen LogP contribution is 2.38. The van der Waals surface area contributed by atoms with Crippen molar-refractivity contribution in [3.05, 3.63) is 47.2 Å². The fourth-order valence-electron chi connectivity index (χ4n) is 3.89. The van der Waals surface area contributed by atoms with Crippen LogP contribution in [0, 0.1) is 6.92 Å². The van der Waals surface area contributed by atoms with Gasteiger partial charge in [0.05, 0.1) is 6.54 Å². The summed E-state index contributed by atoms with van der Waals surface area (Å²) >= 11 is 0. The van der Waals surface area contributed by atoms with Crippen LogP contribution in [-0.4, -0.2) is 57.0 Å². The molecule has 1 N–H and O–H groups in total. The molecule has 1 amide bonds. The molecular formula is C21H25N5O2. The molecule has 7 nitrogen and oxygen atoms in total. The highest BCUT2D eigenvalue weighted by Gasteiger charge is 2.30. The minimum atomic E-state index is 0.0753. The van der Waals surface area contributed by atoms with Crippen LogP contribution in [0.2, 0.25) is 0 Å². The van der Waals surface area contributed by atoms with Crippen molar-refractivity contribution in [1.29, 1.82) is 0 Å². The van der Waals surface area contributed by atoms with Crippen molar-refractivity contribution in [1.82, 2.24) is 24.9 Å². The minimum absolute atomic E-state index is 0.0753. The average Bonchev–Trinajstić information content (AvgIpc) is 3.36. The van der Waals surface area contributed by atoms with E-state index >= 15 is 0 Å². The number of hydrogen-bond acceptors (Lipinski definition) is 5. The lowest BCUT2D eigenvalue weighted by Gasteiger charge is -2.20. The third-order valence-electron chi connectivity index (χ3n) is 5.66. The number of aryl methyl sites for hydroxylation is 1. The highest BCUT2D eigenvalue weighted by atomic mass is 16.5. The monoisotopic (exact) mass is 379 g/mol. The van der Waals surface area contributed by atoms with Crippen molar-refractivity contribution in [3.63, 3.8) is 0 Å². The molecule has 0 spiro atoms. The second-order valence-corrected chi connectivity index (χ2v) is 8.02. The zero-order chi connectivity index (χ0) is 19.1. The molecule has 0 unspecified atom stereocenters. The molecule has 1 aromatic carbocycles. The van der Waals surface area contributed by atoms with E-state index in [2.05, 4.69) is 45.1 Å². The summed E-state index contributed by atoms with van der Waals surface area (Å²) in [4.78, 5) is 25.1. The van der Waals surface area contributed by atoms with Crippen molar-refractivity contribution >= 4 is 16.8 Å². The molecule has 3 heterocycles. The van der Waals surface area contributed by atoms with Gasteiger partial charge in [-0.05, 0) is 43.9 Å². The van der Waals surface area contributed by atoms with Gasteiger partial charge in [0.1, 0.15) is 5.69 Å². The lowest BCUT2D eigenvalue weighted by atomic mass is 10.2. The second-order valence-electron chi connectivity index (χ2n) is 8.02. The third kappa shape index (κ3) is 3.54. The van der Waals surface area contributed by atoms with Crippen LogP contribution in [0.3, 0.4) is 0 Å². The summed E-state index contributed by atoms with van der Waals surface area (Å²) in [5.41, 5.74) is 2.87. The number of H-pyrrole nitrogens is 1. The van der Waals surface area contributed by atoms with Gasteiger partial charge in [-0.15, -0.1) is 0 Å². The molecule has 1 aliphatic heterocycles. The Morgan fingerprint density at radius 2 is 2.11 bits per heavy atom. The van der Waals surface area contributed by atoms with Gasteiger partial charge in [0.25, 0.3) is 5.91 Å². The third-order valence-corrected chi connectivity index (χ3v) is 5.66. The first-order valence-corrected chi connectivity index (χ1v) is 10.1. The maximum atomic E-state index is 13.0. The van der Waals surface area contributed by atoms with Crippen LogP contribution < -0.4 is 0 Å². The number of carbonyl (C=O) groups is 1. The molecule has 1 saturated carbocycles. The Hall–Kier alpha value is -2.67. The van der Waals surface area contributed by atoms with E-state index in [-0.39, 0.29) is 5.91 Å². The van der Waals surface area contributed by atoms with Crippen molar-refractivity contribution in [2.24, 2.45) is 0 Å². The van der Waals surface area contributed by atoms with Crippen LogP contribution in [0.4, 0.5) is 0 Å². The van der Waals surface area contributed by atoms with E-state index in [1.54, 1.807) is 0 Å². The van der Waals surface area contributed by atoms with Crippen molar-refractivity contribution in [3.8, 4) is 0 Å². The van der Waals surface area contributed by atoms with Gasteiger partial charge in [0, 0.05) is 43.0 Å². The number of rotatable bonds is 4. The minimum Gasteiger partial charge on any atom is -0.351 e. The molecule has 28 heavy (non-hydrogen) atoms. The standard InChI is InChI=1S/C21H25N5O2/c1-14-3-4-16-12-18(22-17(16)11-14)21(27)26-8-2-7-25(9-10-26)13-19-23-20(28-24-19)15-5-6-15/h3-4,11-12,15,22H,2,5-10,13H2,1H3. The Morgan fingerprint density at radius 3 is 2.96 bits per heavy atom. The van der Waals surface area contributed by atoms with E-state index < -0.39 is 0 Å². The number of fused-ring (bicyclic) bond motifs is 1. The van der Waals surface area contributed by atoms with Crippen LogP contribution in [0.5, 0.6) is 0 Å².